The van der Waals surface area contributed by atoms with E-state index < -0.39 is 0 Å². The van der Waals surface area contributed by atoms with Crippen LogP contribution in [-0.4, -0.2) is 6.29 Å². The topological polar surface area (TPSA) is 17.1 Å². The summed E-state index contributed by atoms with van der Waals surface area (Å²) in [5.74, 6) is 0.181. The van der Waals surface area contributed by atoms with E-state index in [0.29, 0.717) is 0 Å². The summed E-state index contributed by atoms with van der Waals surface area (Å²) in [6.45, 7) is 4.00. The van der Waals surface area contributed by atoms with Crippen molar-refractivity contribution in [1.29, 1.82) is 0 Å². The SMILES string of the molecule is CCC([C]=O)CC.[Au]. The molecule has 0 aliphatic rings. The first-order valence-corrected chi connectivity index (χ1v) is 2.72. The molecule has 0 saturated carbocycles. The number of hydrogen-bond donors (Lipinski definition) is 0. The van der Waals surface area contributed by atoms with Gasteiger partial charge in [-0.15, -0.1) is 0 Å². The molecule has 0 aromatic carbocycles. The van der Waals surface area contributed by atoms with Gasteiger partial charge < -0.3 is 0 Å². The standard InChI is InChI=1S/C6H11O.Au/c1-3-6(4-2)5-7;/h6H,3-4H2,1-2H3;. The van der Waals surface area contributed by atoms with Gasteiger partial charge in [-0.05, 0) is 12.8 Å². The largest absolute Gasteiger partial charge is 0.291 e. The van der Waals surface area contributed by atoms with Crippen LogP contribution in [0.4, 0.5) is 0 Å². The van der Waals surface area contributed by atoms with E-state index in [1.165, 1.54) is 0 Å². The average Bonchev–Trinajstić information content (AvgIpc) is 1.72. The third-order valence-corrected chi connectivity index (χ3v) is 1.15. The van der Waals surface area contributed by atoms with Crippen molar-refractivity contribution in [1.82, 2.24) is 0 Å². The molecule has 0 spiro atoms. The van der Waals surface area contributed by atoms with Crippen LogP contribution in [0.5, 0.6) is 0 Å². The second kappa shape index (κ2) is 7.41. The van der Waals surface area contributed by atoms with Gasteiger partial charge in [-0.25, -0.2) is 0 Å². The van der Waals surface area contributed by atoms with E-state index in [-0.39, 0.29) is 28.3 Å². The first-order valence-electron chi connectivity index (χ1n) is 2.72. The average molecular weight is 296 g/mol. The van der Waals surface area contributed by atoms with Gasteiger partial charge in [0.25, 0.3) is 0 Å². The summed E-state index contributed by atoms with van der Waals surface area (Å²) in [5.41, 5.74) is 0. The van der Waals surface area contributed by atoms with Gasteiger partial charge in [0.05, 0.1) is 0 Å². The molecule has 52 valence electrons. The quantitative estimate of drug-likeness (QED) is 0.722. The summed E-state index contributed by atoms with van der Waals surface area (Å²) in [6, 6.07) is 0. The molecule has 0 unspecified atom stereocenters. The molecule has 0 aromatic heterocycles. The van der Waals surface area contributed by atoms with Crippen LogP contribution in [0.1, 0.15) is 26.7 Å². The predicted octanol–water partition coefficient (Wildman–Crippen LogP) is 1.53. The summed E-state index contributed by atoms with van der Waals surface area (Å²) in [7, 11) is 0. The maximum absolute atomic E-state index is 9.84. The Labute approximate surface area is 66.4 Å². The monoisotopic (exact) mass is 296 g/mol. The molecule has 8 heavy (non-hydrogen) atoms. The van der Waals surface area contributed by atoms with Gasteiger partial charge in [0.2, 0.25) is 6.29 Å². The molecule has 0 amide bonds. The van der Waals surface area contributed by atoms with Gasteiger partial charge >= 0.3 is 0 Å². The minimum Gasteiger partial charge on any atom is -0.291 e. The molecule has 0 aliphatic heterocycles. The van der Waals surface area contributed by atoms with E-state index in [0.717, 1.165) is 12.8 Å². The minimum absolute atomic E-state index is 0. The summed E-state index contributed by atoms with van der Waals surface area (Å²) < 4.78 is 0. The normalized spacial score (nSPS) is 8.38. The van der Waals surface area contributed by atoms with Crippen LogP contribution in [0.3, 0.4) is 0 Å². The molecule has 0 fully saturated rings. The van der Waals surface area contributed by atoms with Gasteiger partial charge in [-0.1, -0.05) is 13.8 Å². The fraction of sp³-hybridized carbons (Fsp3) is 0.833. The Morgan fingerprint density at radius 3 is 1.75 bits per heavy atom. The fourth-order valence-corrected chi connectivity index (χ4v) is 0.455. The van der Waals surface area contributed by atoms with Crippen LogP contribution in [0.15, 0.2) is 0 Å². The Morgan fingerprint density at radius 2 is 1.75 bits per heavy atom. The first kappa shape index (κ1) is 11.2. The minimum atomic E-state index is 0. The molecule has 2 heteroatoms. The second-order valence-electron chi connectivity index (χ2n) is 1.63. The number of hydrogen-bond acceptors (Lipinski definition) is 1. The van der Waals surface area contributed by atoms with Crippen molar-refractivity contribution in [2.45, 2.75) is 26.7 Å². The third-order valence-electron chi connectivity index (χ3n) is 1.15. The third kappa shape index (κ3) is 4.57. The molecule has 0 bridgehead atoms. The number of rotatable bonds is 3. The van der Waals surface area contributed by atoms with Crippen molar-refractivity contribution in [3.05, 3.63) is 0 Å². The van der Waals surface area contributed by atoms with E-state index in [9.17, 15) is 4.79 Å². The molecule has 0 aromatic rings. The van der Waals surface area contributed by atoms with Gasteiger partial charge in [0.15, 0.2) is 0 Å². The zero-order valence-corrected chi connectivity index (χ0v) is 7.37. The molecule has 0 aliphatic carbocycles. The van der Waals surface area contributed by atoms with Gasteiger partial charge in [0, 0.05) is 28.3 Å². The zero-order valence-electron chi connectivity index (χ0n) is 5.20. The van der Waals surface area contributed by atoms with E-state index in [2.05, 4.69) is 0 Å². The van der Waals surface area contributed by atoms with Crippen LogP contribution in [0.2, 0.25) is 0 Å². The molecule has 2 radical (unpaired) electrons. The second-order valence-corrected chi connectivity index (χ2v) is 1.63. The van der Waals surface area contributed by atoms with Crippen molar-refractivity contribution in [2.24, 2.45) is 5.92 Å². The Bertz CT molecular complexity index is 50.5. The molecular weight excluding hydrogens is 285 g/mol. The summed E-state index contributed by atoms with van der Waals surface area (Å²) in [6.07, 6.45) is 3.81. The fourth-order valence-electron chi connectivity index (χ4n) is 0.455. The molecule has 0 N–H and O–H groups in total. The van der Waals surface area contributed by atoms with Crippen LogP contribution in [-0.2, 0) is 27.2 Å². The van der Waals surface area contributed by atoms with E-state index in [1.807, 2.05) is 20.1 Å². The van der Waals surface area contributed by atoms with Crippen molar-refractivity contribution in [3.8, 4) is 0 Å². The first-order chi connectivity index (χ1) is 3.35. The Balaban J connectivity index is 0. The van der Waals surface area contributed by atoms with Crippen LogP contribution < -0.4 is 0 Å². The number of carbonyl (C=O) groups excluding carboxylic acids is 1. The Kier molecular flexibility index (Phi) is 10.4. The summed E-state index contributed by atoms with van der Waals surface area (Å²) in [4.78, 5) is 9.84. The van der Waals surface area contributed by atoms with Gasteiger partial charge in [-0.2, -0.15) is 0 Å². The smallest absolute Gasteiger partial charge is 0.201 e. The maximum Gasteiger partial charge on any atom is 0.201 e. The van der Waals surface area contributed by atoms with Crippen LogP contribution >= 0.6 is 0 Å². The molecule has 0 saturated heterocycles. The molecule has 0 heterocycles. The Morgan fingerprint density at radius 1 is 1.38 bits per heavy atom. The summed E-state index contributed by atoms with van der Waals surface area (Å²) in [5, 5.41) is 0. The maximum atomic E-state index is 9.84. The van der Waals surface area contributed by atoms with Crippen molar-refractivity contribution in [3.63, 3.8) is 0 Å². The van der Waals surface area contributed by atoms with Crippen molar-refractivity contribution >= 4 is 6.29 Å². The predicted molar refractivity (Wildman–Crippen MR) is 29.8 cm³/mol. The van der Waals surface area contributed by atoms with Crippen molar-refractivity contribution in [2.75, 3.05) is 0 Å². The van der Waals surface area contributed by atoms with Gasteiger partial charge in [-0.3, -0.25) is 4.79 Å². The Hall–Kier alpha value is 0.410. The molecular formula is C6H11AuO. The van der Waals surface area contributed by atoms with E-state index >= 15 is 0 Å². The molecule has 0 atom stereocenters. The zero-order chi connectivity index (χ0) is 5.70. The van der Waals surface area contributed by atoms with Crippen LogP contribution in [0.25, 0.3) is 0 Å². The molecule has 1 nitrogen and oxygen atoms in total. The summed E-state index contributed by atoms with van der Waals surface area (Å²) >= 11 is 0. The van der Waals surface area contributed by atoms with E-state index in [4.69, 9.17) is 0 Å². The van der Waals surface area contributed by atoms with E-state index in [1.54, 1.807) is 0 Å². The van der Waals surface area contributed by atoms with Gasteiger partial charge in [0.1, 0.15) is 0 Å². The van der Waals surface area contributed by atoms with Crippen molar-refractivity contribution < 1.29 is 27.2 Å². The molecule has 0 rings (SSSR count). The van der Waals surface area contributed by atoms with Crippen LogP contribution in [0, 0.1) is 5.92 Å².